The van der Waals surface area contributed by atoms with Crippen molar-refractivity contribution in [3.63, 3.8) is 0 Å². The molecule has 0 bridgehead atoms. The number of hydrogen-bond donors (Lipinski definition) is 0. The lowest BCUT2D eigenvalue weighted by Crippen LogP contribution is -1.96. The molecule has 0 amide bonds. The van der Waals surface area contributed by atoms with Crippen LogP contribution in [0.2, 0.25) is 5.02 Å². The number of nitrogens with zero attached hydrogens (tertiary/aromatic N) is 4. The summed E-state index contributed by atoms with van der Waals surface area (Å²) in [5.74, 6) is 0.0298. The van der Waals surface area contributed by atoms with Gasteiger partial charge in [0.15, 0.2) is 5.78 Å². The number of carbonyl (C=O) groups is 1. The topological polar surface area (TPSA) is 52.7 Å². The van der Waals surface area contributed by atoms with Gasteiger partial charge in [0.1, 0.15) is 5.03 Å². The summed E-state index contributed by atoms with van der Waals surface area (Å²) in [5.41, 5.74) is 3.74. The molecule has 0 radical (unpaired) electrons. The van der Waals surface area contributed by atoms with Crippen LogP contribution < -0.4 is 0 Å². The van der Waals surface area contributed by atoms with E-state index in [0.29, 0.717) is 10.6 Å². The fourth-order valence-electron chi connectivity index (χ4n) is 3.25. The van der Waals surface area contributed by atoms with Gasteiger partial charge in [-0.2, -0.15) is 5.10 Å². The summed E-state index contributed by atoms with van der Waals surface area (Å²) in [6.45, 7) is 6.51. The van der Waals surface area contributed by atoms with Crippen LogP contribution in [0, 0.1) is 6.92 Å². The van der Waals surface area contributed by atoms with Gasteiger partial charge in [-0.15, -0.1) is 0 Å². The van der Waals surface area contributed by atoms with Crippen LogP contribution in [-0.2, 0) is 6.54 Å². The molecule has 28 heavy (non-hydrogen) atoms. The Morgan fingerprint density at radius 1 is 1.25 bits per heavy atom. The average Bonchev–Trinajstić information content (AvgIpc) is 3.25. The molecule has 0 atom stereocenters. The maximum atomic E-state index is 11.7. The maximum absolute atomic E-state index is 11.7. The standard InChI is InChI=1S/C21H19ClN4OS/c1-4-25-12-17(11-24-25)26-13(2)21(18-6-5-16(22)10-19(18)26)28-20-9-15(14(3)27)7-8-23-20/h5-12H,4H2,1-3H3. The van der Waals surface area contributed by atoms with Crippen molar-refractivity contribution in [3.05, 3.63) is 65.2 Å². The molecule has 5 nitrogen and oxygen atoms in total. The van der Waals surface area contributed by atoms with Crippen LogP contribution in [0.4, 0.5) is 0 Å². The molecule has 0 saturated heterocycles. The first kappa shape index (κ1) is 18.8. The molecular weight excluding hydrogens is 392 g/mol. The van der Waals surface area contributed by atoms with Crippen LogP contribution in [-0.4, -0.2) is 25.1 Å². The molecule has 0 fully saturated rings. The van der Waals surface area contributed by atoms with Crippen molar-refractivity contribution in [1.82, 2.24) is 19.3 Å². The van der Waals surface area contributed by atoms with Crippen molar-refractivity contribution in [2.45, 2.75) is 37.2 Å². The molecule has 7 heteroatoms. The van der Waals surface area contributed by atoms with Gasteiger partial charge in [-0.1, -0.05) is 29.4 Å². The van der Waals surface area contributed by atoms with E-state index >= 15 is 0 Å². The van der Waals surface area contributed by atoms with Gasteiger partial charge in [-0.05, 0) is 45.0 Å². The van der Waals surface area contributed by atoms with E-state index in [1.165, 1.54) is 0 Å². The van der Waals surface area contributed by atoms with E-state index in [1.54, 1.807) is 30.9 Å². The van der Waals surface area contributed by atoms with Gasteiger partial charge in [0.2, 0.25) is 0 Å². The number of halogens is 1. The van der Waals surface area contributed by atoms with E-state index in [-0.39, 0.29) is 5.78 Å². The van der Waals surface area contributed by atoms with Crippen LogP contribution >= 0.6 is 23.4 Å². The van der Waals surface area contributed by atoms with Crippen LogP contribution in [0.25, 0.3) is 16.6 Å². The summed E-state index contributed by atoms with van der Waals surface area (Å²) in [6.07, 6.45) is 5.56. The zero-order valence-electron chi connectivity index (χ0n) is 15.8. The number of ketones is 1. The summed E-state index contributed by atoms with van der Waals surface area (Å²) in [5, 5.41) is 6.97. The lowest BCUT2D eigenvalue weighted by molar-refractivity contribution is 0.101. The molecule has 4 aromatic rings. The van der Waals surface area contributed by atoms with E-state index in [4.69, 9.17) is 11.6 Å². The number of carbonyl (C=O) groups excluding carboxylic acids is 1. The number of pyridine rings is 1. The molecule has 0 saturated carbocycles. The Kier molecular flexibility index (Phi) is 5.00. The second-order valence-electron chi connectivity index (χ2n) is 6.51. The van der Waals surface area contributed by atoms with E-state index in [9.17, 15) is 4.79 Å². The third kappa shape index (κ3) is 3.34. The molecule has 0 unspecified atom stereocenters. The summed E-state index contributed by atoms with van der Waals surface area (Å²) in [7, 11) is 0. The minimum absolute atomic E-state index is 0.0298. The van der Waals surface area contributed by atoms with Crippen molar-refractivity contribution in [2.75, 3.05) is 0 Å². The van der Waals surface area contributed by atoms with Crippen LogP contribution in [0.5, 0.6) is 0 Å². The van der Waals surface area contributed by atoms with Crippen LogP contribution in [0.3, 0.4) is 0 Å². The fourth-order valence-corrected chi connectivity index (χ4v) is 4.45. The lowest BCUT2D eigenvalue weighted by Gasteiger charge is -2.06. The normalized spacial score (nSPS) is 11.3. The second kappa shape index (κ2) is 7.45. The van der Waals surface area contributed by atoms with Gasteiger partial charge in [0, 0.05) is 45.5 Å². The highest BCUT2D eigenvalue weighted by molar-refractivity contribution is 7.99. The number of Topliss-reactive ketones (excluding diaryl/α,β-unsaturated/α-hetero) is 1. The van der Waals surface area contributed by atoms with Crippen LogP contribution in [0.1, 0.15) is 29.9 Å². The minimum atomic E-state index is 0.0298. The Balaban J connectivity index is 1.88. The monoisotopic (exact) mass is 410 g/mol. The van der Waals surface area contributed by atoms with Crippen molar-refractivity contribution >= 4 is 40.0 Å². The van der Waals surface area contributed by atoms with E-state index in [0.717, 1.165) is 38.8 Å². The number of hydrogen-bond acceptors (Lipinski definition) is 4. The number of aromatic nitrogens is 4. The van der Waals surface area contributed by atoms with E-state index in [1.807, 2.05) is 41.3 Å². The predicted molar refractivity (Wildman–Crippen MR) is 113 cm³/mol. The van der Waals surface area contributed by atoms with E-state index < -0.39 is 0 Å². The fraction of sp³-hybridized carbons (Fsp3) is 0.190. The van der Waals surface area contributed by atoms with Gasteiger partial charge in [0.25, 0.3) is 0 Å². The molecule has 142 valence electrons. The van der Waals surface area contributed by atoms with Gasteiger partial charge in [-0.25, -0.2) is 4.98 Å². The number of benzene rings is 1. The molecule has 0 aliphatic carbocycles. The summed E-state index contributed by atoms with van der Waals surface area (Å²) >= 11 is 7.85. The van der Waals surface area contributed by atoms with Gasteiger partial charge in [0.05, 0.1) is 17.4 Å². The Bertz CT molecular complexity index is 1190. The largest absolute Gasteiger partial charge is 0.310 e. The van der Waals surface area contributed by atoms with Crippen molar-refractivity contribution in [2.24, 2.45) is 0 Å². The Hall–Kier alpha value is -2.57. The number of aryl methyl sites for hydroxylation is 1. The third-order valence-electron chi connectivity index (χ3n) is 4.66. The van der Waals surface area contributed by atoms with Gasteiger partial charge >= 0.3 is 0 Å². The molecule has 3 aromatic heterocycles. The Labute approximate surface area is 172 Å². The molecule has 0 spiro atoms. The van der Waals surface area contributed by atoms with Gasteiger partial charge < -0.3 is 4.57 Å². The summed E-state index contributed by atoms with van der Waals surface area (Å²) in [4.78, 5) is 17.2. The second-order valence-corrected chi connectivity index (χ2v) is 7.97. The number of rotatable bonds is 5. The zero-order valence-corrected chi connectivity index (χ0v) is 17.4. The van der Waals surface area contributed by atoms with Crippen LogP contribution in [0.15, 0.2) is 58.8 Å². The average molecular weight is 411 g/mol. The van der Waals surface area contributed by atoms with Crippen molar-refractivity contribution in [1.29, 1.82) is 0 Å². The molecule has 3 heterocycles. The van der Waals surface area contributed by atoms with E-state index in [2.05, 4.69) is 28.5 Å². The maximum Gasteiger partial charge on any atom is 0.159 e. The highest BCUT2D eigenvalue weighted by Crippen LogP contribution is 2.40. The molecule has 1 aromatic carbocycles. The number of fused-ring (bicyclic) bond motifs is 1. The first-order chi connectivity index (χ1) is 13.5. The quantitative estimate of drug-likeness (QED) is 0.404. The smallest absolute Gasteiger partial charge is 0.159 e. The Morgan fingerprint density at radius 2 is 2.07 bits per heavy atom. The summed E-state index contributed by atoms with van der Waals surface area (Å²) in [6, 6.07) is 9.47. The van der Waals surface area contributed by atoms with Gasteiger partial charge in [-0.3, -0.25) is 9.48 Å². The lowest BCUT2D eigenvalue weighted by atomic mass is 10.2. The summed E-state index contributed by atoms with van der Waals surface area (Å²) < 4.78 is 4.06. The minimum Gasteiger partial charge on any atom is -0.310 e. The first-order valence-electron chi connectivity index (χ1n) is 8.96. The molecular formula is C21H19ClN4OS. The van der Waals surface area contributed by atoms with Crippen molar-refractivity contribution < 1.29 is 4.79 Å². The predicted octanol–water partition coefficient (Wildman–Crippen LogP) is 5.56. The Morgan fingerprint density at radius 3 is 2.79 bits per heavy atom. The molecule has 0 aliphatic rings. The first-order valence-corrected chi connectivity index (χ1v) is 10.2. The zero-order chi connectivity index (χ0) is 19.8. The highest BCUT2D eigenvalue weighted by atomic mass is 35.5. The highest BCUT2D eigenvalue weighted by Gasteiger charge is 2.18. The van der Waals surface area contributed by atoms with Crippen molar-refractivity contribution in [3.8, 4) is 5.69 Å². The molecule has 4 rings (SSSR count). The third-order valence-corrected chi connectivity index (χ3v) is 6.05. The molecule has 0 aliphatic heterocycles. The molecule has 0 N–H and O–H groups in total. The SMILES string of the molecule is CCn1cc(-n2c(C)c(Sc3cc(C(C)=O)ccn3)c3ccc(Cl)cc32)cn1.